The van der Waals surface area contributed by atoms with Crippen molar-refractivity contribution in [3.8, 4) is 0 Å². The number of likely N-dealkylation sites (N-methyl/N-ethyl adjacent to an activating group) is 1. The number of carbonyl (C=O) groups excluding carboxylic acids is 2. The van der Waals surface area contributed by atoms with Gasteiger partial charge < -0.3 is 9.64 Å². The third kappa shape index (κ3) is 3.38. The third-order valence-electron chi connectivity index (χ3n) is 3.39. The first kappa shape index (κ1) is 16.2. The molecule has 110 valence electrons. The Morgan fingerprint density at radius 3 is 2.10 bits per heavy atom. The summed E-state index contributed by atoms with van der Waals surface area (Å²) in [5, 5.41) is 0. The second-order valence-electron chi connectivity index (χ2n) is 5.52. The zero-order chi connectivity index (χ0) is 15.5. The van der Waals surface area contributed by atoms with Crippen LogP contribution in [0.15, 0.2) is 18.2 Å². The summed E-state index contributed by atoms with van der Waals surface area (Å²) < 4.78 is 5.03. The highest BCUT2D eigenvalue weighted by molar-refractivity contribution is 5.98. The second-order valence-corrected chi connectivity index (χ2v) is 5.52. The molecule has 0 aliphatic heterocycles. The first-order valence-electron chi connectivity index (χ1n) is 6.73. The highest BCUT2D eigenvalue weighted by Gasteiger charge is 2.37. The smallest absolute Gasteiger partial charge is 0.331 e. The Bertz CT molecular complexity index is 500. The number of rotatable bonds is 4. The van der Waals surface area contributed by atoms with Crippen molar-refractivity contribution in [2.75, 3.05) is 13.7 Å². The summed E-state index contributed by atoms with van der Waals surface area (Å²) >= 11 is 0. The SMILES string of the molecule is CCOC(=O)C(C)(C)N(C)C(=O)c1cc(C)cc(C)c1. The van der Waals surface area contributed by atoms with Crippen LogP contribution in [-0.4, -0.2) is 36.0 Å². The van der Waals surface area contributed by atoms with Crippen molar-refractivity contribution < 1.29 is 14.3 Å². The van der Waals surface area contributed by atoms with E-state index in [9.17, 15) is 9.59 Å². The molecule has 0 fully saturated rings. The van der Waals surface area contributed by atoms with Crippen LogP contribution in [0.1, 0.15) is 42.3 Å². The number of esters is 1. The molecule has 0 N–H and O–H groups in total. The van der Waals surface area contributed by atoms with Crippen molar-refractivity contribution in [2.45, 2.75) is 40.2 Å². The van der Waals surface area contributed by atoms with Gasteiger partial charge in [0.1, 0.15) is 5.54 Å². The molecule has 4 nitrogen and oxygen atoms in total. The van der Waals surface area contributed by atoms with Crippen LogP contribution >= 0.6 is 0 Å². The van der Waals surface area contributed by atoms with Gasteiger partial charge >= 0.3 is 5.97 Å². The summed E-state index contributed by atoms with van der Waals surface area (Å²) in [6.07, 6.45) is 0. The molecule has 0 atom stereocenters. The van der Waals surface area contributed by atoms with E-state index in [2.05, 4.69) is 0 Å². The molecular formula is C16H23NO3. The zero-order valence-electron chi connectivity index (χ0n) is 13.1. The van der Waals surface area contributed by atoms with Gasteiger partial charge in [0.25, 0.3) is 5.91 Å². The number of hydrogen-bond donors (Lipinski definition) is 0. The highest BCUT2D eigenvalue weighted by atomic mass is 16.5. The predicted octanol–water partition coefficient (Wildman–Crippen LogP) is 2.72. The number of hydrogen-bond acceptors (Lipinski definition) is 3. The van der Waals surface area contributed by atoms with Crippen molar-refractivity contribution in [3.05, 3.63) is 34.9 Å². The van der Waals surface area contributed by atoms with Gasteiger partial charge in [-0.3, -0.25) is 4.79 Å². The van der Waals surface area contributed by atoms with Crippen molar-refractivity contribution in [3.63, 3.8) is 0 Å². The molecular weight excluding hydrogens is 254 g/mol. The van der Waals surface area contributed by atoms with Gasteiger partial charge in [0.05, 0.1) is 6.61 Å². The van der Waals surface area contributed by atoms with Crippen molar-refractivity contribution in [2.24, 2.45) is 0 Å². The summed E-state index contributed by atoms with van der Waals surface area (Å²) in [5.41, 5.74) is 1.64. The molecule has 0 aliphatic rings. The summed E-state index contributed by atoms with van der Waals surface area (Å²) in [5.74, 6) is -0.588. The van der Waals surface area contributed by atoms with Gasteiger partial charge in [-0.15, -0.1) is 0 Å². The molecule has 20 heavy (non-hydrogen) atoms. The number of aryl methyl sites for hydroxylation is 2. The Labute approximate surface area is 120 Å². The van der Waals surface area contributed by atoms with Gasteiger partial charge in [0, 0.05) is 12.6 Å². The van der Waals surface area contributed by atoms with E-state index in [1.54, 1.807) is 27.8 Å². The minimum Gasteiger partial charge on any atom is -0.464 e. The van der Waals surface area contributed by atoms with Crippen LogP contribution in [0.2, 0.25) is 0 Å². The summed E-state index contributed by atoms with van der Waals surface area (Å²) in [6, 6.07) is 5.66. The van der Waals surface area contributed by atoms with Crippen LogP contribution in [0.4, 0.5) is 0 Å². The van der Waals surface area contributed by atoms with E-state index in [-0.39, 0.29) is 5.91 Å². The second kappa shape index (κ2) is 6.07. The van der Waals surface area contributed by atoms with Gasteiger partial charge in [-0.05, 0) is 46.8 Å². The average Bonchev–Trinajstić information content (AvgIpc) is 2.36. The van der Waals surface area contributed by atoms with Crippen LogP contribution in [0.25, 0.3) is 0 Å². The Balaban J connectivity index is 3.04. The molecule has 1 rings (SSSR count). The fourth-order valence-corrected chi connectivity index (χ4v) is 1.99. The van der Waals surface area contributed by atoms with E-state index in [1.807, 2.05) is 32.0 Å². The number of carbonyl (C=O) groups is 2. The highest BCUT2D eigenvalue weighted by Crippen LogP contribution is 2.19. The maximum Gasteiger partial charge on any atom is 0.331 e. The molecule has 0 aromatic heterocycles. The molecule has 0 saturated heterocycles. The molecule has 1 aromatic carbocycles. The number of benzene rings is 1. The lowest BCUT2D eigenvalue weighted by Gasteiger charge is -2.33. The molecule has 4 heteroatoms. The summed E-state index contributed by atoms with van der Waals surface area (Å²) in [6.45, 7) is 9.31. The molecule has 0 heterocycles. The van der Waals surface area contributed by atoms with Crippen LogP contribution in [0.5, 0.6) is 0 Å². The minimum absolute atomic E-state index is 0.185. The molecule has 0 spiro atoms. The van der Waals surface area contributed by atoms with Crippen LogP contribution in [0.3, 0.4) is 0 Å². The van der Waals surface area contributed by atoms with E-state index >= 15 is 0 Å². The van der Waals surface area contributed by atoms with E-state index < -0.39 is 11.5 Å². The number of amides is 1. The lowest BCUT2D eigenvalue weighted by molar-refractivity contribution is -0.153. The molecule has 0 aliphatic carbocycles. The largest absolute Gasteiger partial charge is 0.464 e. The van der Waals surface area contributed by atoms with Crippen molar-refractivity contribution >= 4 is 11.9 Å². The predicted molar refractivity (Wildman–Crippen MR) is 78.7 cm³/mol. The maximum atomic E-state index is 12.5. The van der Waals surface area contributed by atoms with E-state index in [0.29, 0.717) is 12.2 Å². The zero-order valence-corrected chi connectivity index (χ0v) is 13.1. The summed E-state index contributed by atoms with van der Waals surface area (Å²) in [7, 11) is 1.62. The van der Waals surface area contributed by atoms with Gasteiger partial charge in [-0.2, -0.15) is 0 Å². The monoisotopic (exact) mass is 277 g/mol. The fraction of sp³-hybridized carbons (Fsp3) is 0.500. The van der Waals surface area contributed by atoms with Gasteiger partial charge in [0.15, 0.2) is 0 Å². The van der Waals surface area contributed by atoms with E-state index in [0.717, 1.165) is 11.1 Å². The maximum absolute atomic E-state index is 12.5. The minimum atomic E-state index is -0.995. The fourth-order valence-electron chi connectivity index (χ4n) is 1.99. The number of ether oxygens (including phenoxy) is 1. The summed E-state index contributed by atoms with van der Waals surface area (Å²) in [4.78, 5) is 25.9. The molecule has 1 amide bonds. The van der Waals surface area contributed by atoms with Crippen molar-refractivity contribution in [1.29, 1.82) is 0 Å². The normalized spacial score (nSPS) is 11.1. The molecule has 1 aromatic rings. The molecule has 0 bridgehead atoms. The first-order chi connectivity index (χ1) is 9.20. The van der Waals surface area contributed by atoms with Gasteiger partial charge in [-0.25, -0.2) is 4.79 Å². The standard InChI is InChI=1S/C16H23NO3/c1-7-20-15(19)16(4,5)17(6)14(18)13-9-11(2)8-12(3)10-13/h8-10H,7H2,1-6H3. The van der Waals surface area contributed by atoms with Gasteiger partial charge in [0.2, 0.25) is 0 Å². The Morgan fingerprint density at radius 2 is 1.65 bits per heavy atom. The Kier molecular flexibility index (Phi) is 4.93. The van der Waals surface area contributed by atoms with Crippen LogP contribution < -0.4 is 0 Å². The van der Waals surface area contributed by atoms with E-state index in [1.165, 1.54) is 4.90 Å². The Hall–Kier alpha value is -1.84. The quantitative estimate of drug-likeness (QED) is 0.795. The van der Waals surface area contributed by atoms with E-state index in [4.69, 9.17) is 4.74 Å². The van der Waals surface area contributed by atoms with Crippen LogP contribution in [0, 0.1) is 13.8 Å². The number of nitrogens with zero attached hydrogens (tertiary/aromatic N) is 1. The molecule has 0 radical (unpaired) electrons. The first-order valence-corrected chi connectivity index (χ1v) is 6.73. The molecule has 0 saturated carbocycles. The third-order valence-corrected chi connectivity index (χ3v) is 3.39. The molecule has 0 unspecified atom stereocenters. The van der Waals surface area contributed by atoms with Crippen molar-refractivity contribution in [1.82, 2.24) is 4.90 Å². The van der Waals surface area contributed by atoms with Gasteiger partial charge in [-0.1, -0.05) is 17.2 Å². The van der Waals surface area contributed by atoms with Crippen LogP contribution in [-0.2, 0) is 9.53 Å². The lowest BCUT2D eigenvalue weighted by atomic mass is 10.0. The average molecular weight is 277 g/mol. The lowest BCUT2D eigenvalue weighted by Crippen LogP contribution is -2.51. The topological polar surface area (TPSA) is 46.6 Å². The Morgan fingerprint density at radius 1 is 1.15 bits per heavy atom.